The van der Waals surface area contributed by atoms with Crippen LogP contribution >= 0.6 is 23.2 Å². The van der Waals surface area contributed by atoms with Gasteiger partial charge in [-0.25, -0.2) is 4.79 Å². The molecule has 86 valence electrons. The Bertz CT molecular complexity index is 426. The number of carbonyl (C=O) groups is 1. The number of halogens is 2. The van der Waals surface area contributed by atoms with Gasteiger partial charge < -0.3 is 10.6 Å². The second-order valence-electron chi connectivity index (χ2n) is 3.44. The summed E-state index contributed by atoms with van der Waals surface area (Å²) in [5.41, 5.74) is 1.47. The second kappa shape index (κ2) is 5.77. The summed E-state index contributed by atoms with van der Waals surface area (Å²) in [4.78, 5) is 11.4. The summed E-state index contributed by atoms with van der Waals surface area (Å²) in [7, 11) is 0. The minimum Gasteiger partial charge on any atom is -0.314 e. The molecule has 0 aliphatic carbocycles. The van der Waals surface area contributed by atoms with Gasteiger partial charge in [0.2, 0.25) is 0 Å². The second-order valence-corrected chi connectivity index (χ2v) is 4.29. The molecule has 0 saturated carbocycles. The predicted molar refractivity (Wildman–Crippen MR) is 68.0 cm³/mol. The third-order valence-electron chi connectivity index (χ3n) is 1.67. The number of hydrogen-bond acceptors (Lipinski definition) is 1. The van der Waals surface area contributed by atoms with Gasteiger partial charge in [0.25, 0.3) is 0 Å². The molecule has 3 nitrogen and oxygen atoms in total. The highest BCUT2D eigenvalue weighted by Gasteiger charge is 2.04. The van der Waals surface area contributed by atoms with Crippen molar-refractivity contribution in [3.05, 3.63) is 40.0 Å². The fraction of sp³-hybridized carbons (Fsp3) is 0.182. The van der Waals surface area contributed by atoms with Crippen molar-refractivity contribution in [1.29, 1.82) is 0 Å². The Hall–Kier alpha value is -1.19. The molecule has 2 N–H and O–H groups in total. The third-order valence-corrected chi connectivity index (χ3v) is 2.23. The quantitative estimate of drug-likeness (QED) is 0.826. The van der Waals surface area contributed by atoms with Crippen molar-refractivity contribution in [2.75, 3.05) is 5.32 Å². The normalized spacial score (nSPS) is 9.50. The zero-order chi connectivity index (χ0) is 12.1. The lowest BCUT2D eigenvalue weighted by Crippen LogP contribution is -2.24. The van der Waals surface area contributed by atoms with Crippen molar-refractivity contribution >= 4 is 34.9 Å². The smallest absolute Gasteiger partial charge is 0.314 e. The molecule has 0 heterocycles. The number of hydrogen-bond donors (Lipinski definition) is 2. The fourth-order valence-corrected chi connectivity index (χ4v) is 1.30. The molecular formula is C11H12Cl2N2O. The van der Waals surface area contributed by atoms with Gasteiger partial charge in [0.15, 0.2) is 0 Å². The highest BCUT2D eigenvalue weighted by molar-refractivity contribution is 6.35. The Morgan fingerprint density at radius 3 is 2.62 bits per heavy atom. The zero-order valence-electron chi connectivity index (χ0n) is 8.97. The minimum atomic E-state index is -0.356. The number of amides is 2. The summed E-state index contributed by atoms with van der Waals surface area (Å²) in [6.45, 7) is 3.76. The number of urea groups is 1. The first kappa shape index (κ1) is 12.9. The van der Waals surface area contributed by atoms with E-state index in [1.54, 1.807) is 24.4 Å². The molecule has 0 atom stereocenters. The van der Waals surface area contributed by atoms with Crippen molar-refractivity contribution in [3.8, 4) is 0 Å². The van der Waals surface area contributed by atoms with Crippen LogP contribution in [0, 0.1) is 0 Å². The standard InChI is InChI=1S/C11H12Cl2N2O/c1-7(2)6-14-11(16)15-10-5-8(12)3-4-9(10)13/h3-6H,1-2H3,(H2,14,15,16). The van der Waals surface area contributed by atoms with Gasteiger partial charge >= 0.3 is 6.03 Å². The highest BCUT2D eigenvalue weighted by atomic mass is 35.5. The lowest BCUT2D eigenvalue weighted by atomic mass is 10.3. The summed E-state index contributed by atoms with van der Waals surface area (Å²) < 4.78 is 0. The zero-order valence-corrected chi connectivity index (χ0v) is 10.5. The van der Waals surface area contributed by atoms with Gasteiger partial charge in [-0.3, -0.25) is 0 Å². The maximum atomic E-state index is 11.4. The van der Waals surface area contributed by atoms with Crippen molar-refractivity contribution in [2.24, 2.45) is 0 Å². The Kier molecular flexibility index (Phi) is 4.65. The van der Waals surface area contributed by atoms with Crippen molar-refractivity contribution < 1.29 is 4.79 Å². The number of rotatable bonds is 2. The number of anilines is 1. The maximum absolute atomic E-state index is 11.4. The molecule has 0 aliphatic rings. The average molecular weight is 259 g/mol. The van der Waals surface area contributed by atoms with Gasteiger partial charge in [0.05, 0.1) is 10.7 Å². The van der Waals surface area contributed by atoms with Crippen LogP contribution in [0.5, 0.6) is 0 Å². The van der Waals surface area contributed by atoms with Gasteiger partial charge in [-0.2, -0.15) is 0 Å². The summed E-state index contributed by atoms with van der Waals surface area (Å²) >= 11 is 11.7. The largest absolute Gasteiger partial charge is 0.323 e. The average Bonchev–Trinajstić information content (AvgIpc) is 2.20. The molecular weight excluding hydrogens is 247 g/mol. The molecule has 1 aromatic carbocycles. The lowest BCUT2D eigenvalue weighted by molar-refractivity contribution is 0.255. The van der Waals surface area contributed by atoms with Crippen LogP contribution in [0.4, 0.5) is 10.5 Å². The first-order chi connectivity index (χ1) is 7.49. The van der Waals surface area contributed by atoms with Gasteiger partial charge in [-0.15, -0.1) is 0 Å². The molecule has 0 radical (unpaired) electrons. The molecule has 0 bridgehead atoms. The van der Waals surface area contributed by atoms with Gasteiger partial charge in [0, 0.05) is 11.2 Å². The van der Waals surface area contributed by atoms with E-state index >= 15 is 0 Å². The van der Waals surface area contributed by atoms with E-state index in [2.05, 4.69) is 10.6 Å². The van der Waals surface area contributed by atoms with Crippen LogP contribution in [0.3, 0.4) is 0 Å². The van der Waals surface area contributed by atoms with E-state index in [1.165, 1.54) is 0 Å². The molecule has 1 aromatic rings. The van der Waals surface area contributed by atoms with E-state index in [9.17, 15) is 4.79 Å². The topological polar surface area (TPSA) is 41.1 Å². The van der Waals surface area contributed by atoms with Gasteiger partial charge in [-0.1, -0.05) is 28.8 Å². The molecule has 0 spiro atoms. The molecule has 0 unspecified atom stereocenters. The van der Waals surface area contributed by atoms with Crippen molar-refractivity contribution in [3.63, 3.8) is 0 Å². The number of carbonyl (C=O) groups excluding carboxylic acids is 1. The number of allylic oxidation sites excluding steroid dienone is 1. The Labute approximate surface area is 104 Å². The summed E-state index contributed by atoms with van der Waals surface area (Å²) in [6.07, 6.45) is 1.60. The maximum Gasteiger partial charge on any atom is 0.323 e. The van der Waals surface area contributed by atoms with E-state index in [-0.39, 0.29) is 6.03 Å². The van der Waals surface area contributed by atoms with Gasteiger partial charge in [-0.05, 0) is 32.0 Å². The van der Waals surface area contributed by atoms with Crippen LogP contribution in [0.25, 0.3) is 0 Å². The highest BCUT2D eigenvalue weighted by Crippen LogP contribution is 2.25. The van der Waals surface area contributed by atoms with E-state index < -0.39 is 0 Å². The number of nitrogens with one attached hydrogen (secondary N) is 2. The number of benzene rings is 1. The SMILES string of the molecule is CC(C)=CNC(=O)Nc1cc(Cl)ccc1Cl. The van der Waals surface area contributed by atoms with Crippen LogP contribution in [0.1, 0.15) is 13.8 Å². The Morgan fingerprint density at radius 2 is 2.00 bits per heavy atom. The molecule has 0 fully saturated rings. The monoisotopic (exact) mass is 258 g/mol. The first-order valence-electron chi connectivity index (χ1n) is 4.65. The van der Waals surface area contributed by atoms with Crippen molar-refractivity contribution in [2.45, 2.75) is 13.8 Å². The van der Waals surface area contributed by atoms with Crippen molar-refractivity contribution in [1.82, 2.24) is 5.32 Å². The van der Waals surface area contributed by atoms with Crippen LogP contribution in [0.2, 0.25) is 10.0 Å². The molecule has 5 heteroatoms. The van der Waals surface area contributed by atoms with Crippen LogP contribution in [0.15, 0.2) is 30.0 Å². The summed E-state index contributed by atoms with van der Waals surface area (Å²) in [6, 6.07) is 4.51. The summed E-state index contributed by atoms with van der Waals surface area (Å²) in [5.74, 6) is 0. The van der Waals surface area contributed by atoms with Crippen LogP contribution in [-0.2, 0) is 0 Å². The minimum absolute atomic E-state index is 0.356. The van der Waals surface area contributed by atoms with Gasteiger partial charge in [0.1, 0.15) is 0 Å². The van der Waals surface area contributed by atoms with E-state index in [0.717, 1.165) is 5.57 Å². The Balaban J connectivity index is 2.69. The van der Waals surface area contributed by atoms with E-state index in [0.29, 0.717) is 15.7 Å². The molecule has 2 amide bonds. The third kappa shape index (κ3) is 4.13. The molecule has 0 saturated heterocycles. The molecule has 1 rings (SSSR count). The van der Waals surface area contributed by atoms with E-state index in [4.69, 9.17) is 23.2 Å². The molecule has 0 aromatic heterocycles. The van der Waals surface area contributed by atoms with Crippen LogP contribution < -0.4 is 10.6 Å². The lowest BCUT2D eigenvalue weighted by Gasteiger charge is -2.07. The fourth-order valence-electron chi connectivity index (χ4n) is 0.962. The molecule has 16 heavy (non-hydrogen) atoms. The Morgan fingerprint density at radius 1 is 1.31 bits per heavy atom. The first-order valence-corrected chi connectivity index (χ1v) is 5.40. The molecule has 0 aliphatic heterocycles. The van der Waals surface area contributed by atoms with E-state index in [1.807, 2.05) is 13.8 Å². The van der Waals surface area contributed by atoms with Crippen LogP contribution in [-0.4, -0.2) is 6.03 Å². The predicted octanol–water partition coefficient (Wildman–Crippen LogP) is 4.04. The summed E-state index contributed by atoms with van der Waals surface area (Å²) in [5, 5.41) is 6.12.